The number of carbonyl (C=O) groups is 1. The van der Waals surface area contributed by atoms with Crippen molar-refractivity contribution < 1.29 is 19.7 Å². The van der Waals surface area contributed by atoms with E-state index in [-0.39, 0.29) is 6.54 Å². The second-order valence-electron chi connectivity index (χ2n) is 7.59. The van der Waals surface area contributed by atoms with Gasteiger partial charge in [0.25, 0.3) is 0 Å². The van der Waals surface area contributed by atoms with E-state index in [2.05, 4.69) is 37.7 Å². The van der Waals surface area contributed by atoms with Crippen LogP contribution in [0.2, 0.25) is 19.6 Å². The van der Waals surface area contributed by atoms with Crippen LogP contribution in [0.3, 0.4) is 0 Å². The zero-order chi connectivity index (χ0) is 19.5. The van der Waals surface area contributed by atoms with E-state index in [1.807, 2.05) is 30.3 Å². The molecule has 5 nitrogen and oxygen atoms in total. The van der Waals surface area contributed by atoms with Crippen molar-refractivity contribution in [3.8, 4) is 11.5 Å². The maximum Gasteiger partial charge on any atom is 0.411 e. The lowest BCUT2D eigenvalue weighted by atomic mass is 9.80. The van der Waals surface area contributed by atoms with Crippen LogP contribution in [-0.2, 0) is 11.3 Å². The van der Waals surface area contributed by atoms with Crippen LogP contribution >= 0.6 is 0 Å². The van der Waals surface area contributed by atoms with Crippen molar-refractivity contribution in [1.29, 1.82) is 0 Å². The molecule has 0 spiro atoms. The largest absolute Gasteiger partial charge is 0.444 e. The van der Waals surface area contributed by atoms with Crippen molar-refractivity contribution in [2.45, 2.75) is 57.0 Å². The Bertz CT molecular complexity index is 719. The Morgan fingerprint density at radius 1 is 1.35 bits per heavy atom. The Balaban J connectivity index is 2.52. The Kier molecular flexibility index (Phi) is 5.97. The molecule has 1 heterocycles. The summed E-state index contributed by atoms with van der Waals surface area (Å²) < 4.78 is 5.40. The van der Waals surface area contributed by atoms with Gasteiger partial charge in [-0.05, 0) is 12.5 Å². The van der Waals surface area contributed by atoms with Gasteiger partial charge in [-0.25, -0.2) is 4.79 Å². The van der Waals surface area contributed by atoms with Gasteiger partial charge < -0.3 is 14.9 Å². The molecule has 0 saturated carbocycles. The number of aliphatic hydroxyl groups is 2. The molecular weight excluding hydrogens is 346 g/mol. The summed E-state index contributed by atoms with van der Waals surface area (Å²) in [7, 11) is -1.76. The van der Waals surface area contributed by atoms with Crippen LogP contribution in [0.25, 0.3) is 0 Å². The predicted octanol–water partition coefficient (Wildman–Crippen LogP) is 2.55. The lowest BCUT2D eigenvalue weighted by Crippen LogP contribution is -2.64. The number of hydrogen-bond acceptors (Lipinski definition) is 4. The quantitative estimate of drug-likeness (QED) is 0.473. The molecule has 6 heteroatoms. The number of aliphatic hydroxyl groups excluding tert-OH is 2. The minimum atomic E-state index is -1.76. The minimum Gasteiger partial charge on any atom is -0.444 e. The average molecular weight is 374 g/mol. The fourth-order valence-electron chi connectivity index (χ4n) is 3.18. The van der Waals surface area contributed by atoms with Gasteiger partial charge in [-0.3, -0.25) is 4.90 Å². The third kappa shape index (κ3) is 3.85. The highest BCUT2D eigenvalue weighted by Crippen LogP contribution is 2.38. The number of amides is 1. The summed E-state index contributed by atoms with van der Waals surface area (Å²) in [6, 6.07) is 9.37. The molecule has 0 bridgehead atoms. The van der Waals surface area contributed by atoms with Gasteiger partial charge in [0.1, 0.15) is 31.9 Å². The van der Waals surface area contributed by atoms with E-state index >= 15 is 0 Å². The molecule has 140 valence electrons. The Morgan fingerprint density at radius 2 is 1.96 bits per heavy atom. The summed E-state index contributed by atoms with van der Waals surface area (Å²) >= 11 is 0. The van der Waals surface area contributed by atoms with Crippen molar-refractivity contribution in [1.82, 2.24) is 4.90 Å². The molecule has 1 aromatic carbocycles. The molecule has 4 atom stereocenters. The number of carbonyl (C=O) groups excluding carboxylic acids is 1. The lowest BCUT2D eigenvalue weighted by Gasteiger charge is -2.42. The molecule has 1 fully saturated rings. The highest BCUT2D eigenvalue weighted by molar-refractivity contribution is 6.83. The molecule has 1 aliphatic rings. The number of hydrogen-bond donors (Lipinski definition) is 2. The molecule has 26 heavy (non-hydrogen) atoms. The van der Waals surface area contributed by atoms with Crippen molar-refractivity contribution in [3.05, 3.63) is 48.6 Å². The Hall–Kier alpha value is -2.07. The minimum absolute atomic E-state index is 0.195. The van der Waals surface area contributed by atoms with Gasteiger partial charge >= 0.3 is 6.09 Å². The van der Waals surface area contributed by atoms with E-state index in [1.54, 1.807) is 6.92 Å². The molecule has 0 aromatic heterocycles. The van der Waals surface area contributed by atoms with Crippen LogP contribution in [0, 0.1) is 11.5 Å². The summed E-state index contributed by atoms with van der Waals surface area (Å²) in [5, 5.41) is 21.7. The molecule has 0 radical (unpaired) electrons. The first-order valence-corrected chi connectivity index (χ1v) is 12.2. The molecule has 1 amide bonds. The molecule has 1 aliphatic heterocycles. The van der Waals surface area contributed by atoms with E-state index in [1.165, 1.54) is 11.0 Å². The summed E-state index contributed by atoms with van der Waals surface area (Å²) in [6.45, 7) is 11.7. The van der Waals surface area contributed by atoms with Crippen LogP contribution in [0.1, 0.15) is 12.5 Å². The zero-order valence-electron chi connectivity index (χ0n) is 15.8. The maximum absolute atomic E-state index is 12.5. The van der Waals surface area contributed by atoms with E-state index in [0.717, 1.165) is 5.56 Å². The number of ether oxygens (including phenoxy) is 1. The first kappa shape index (κ1) is 20.2. The average Bonchev–Trinajstić information content (AvgIpc) is 2.83. The molecule has 1 aromatic rings. The van der Waals surface area contributed by atoms with Gasteiger partial charge in [-0.2, -0.15) is 0 Å². The number of cyclic esters (lactones) is 1. The maximum atomic E-state index is 12.5. The normalized spacial score (nSPS) is 25.1. The molecule has 0 unspecified atom stereocenters. The van der Waals surface area contributed by atoms with Crippen molar-refractivity contribution in [2.24, 2.45) is 0 Å². The van der Waals surface area contributed by atoms with Gasteiger partial charge in [0.15, 0.2) is 0 Å². The van der Waals surface area contributed by atoms with Crippen molar-refractivity contribution >= 4 is 14.2 Å². The molecule has 0 aliphatic carbocycles. The van der Waals surface area contributed by atoms with Crippen molar-refractivity contribution in [3.63, 3.8) is 0 Å². The van der Waals surface area contributed by atoms with E-state index in [9.17, 15) is 15.0 Å². The summed E-state index contributed by atoms with van der Waals surface area (Å²) in [5.41, 5.74) is 2.57. The van der Waals surface area contributed by atoms with E-state index in [4.69, 9.17) is 4.74 Å². The van der Waals surface area contributed by atoms with E-state index in [0.29, 0.717) is 0 Å². The number of nitrogens with zero attached hydrogens (tertiary/aromatic N) is 1. The van der Waals surface area contributed by atoms with Crippen LogP contribution in [0.15, 0.2) is 43.0 Å². The first-order chi connectivity index (χ1) is 12.1. The summed E-state index contributed by atoms with van der Waals surface area (Å²) in [5.74, 6) is 2.87. The molecular formula is C20H27NO4Si. The summed E-state index contributed by atoms with van der Waals surface area (Å²) in [4.78, 5) is 13.9. The van der Waals surface area contributed by atoms with Gasteiger partial charge in [0.2, 0.25) is 0 Å². The van der Waals surface area contributed by atoms with Crippen LogP contribution < -0.4 is 0 Å². The number of benzene rings is 1. The molecule has 2 rings (SSSR count). The van der Waals surface area contributed by atoms with E-state index < -0.39 is 38.0 Å². The van der Waals surface area contributed by atoms with Crippen molar-refractivity contribution in [2.75, 3.05) is 0 Å². The standard InChI is InChI=1S/C20H27NO4Si/c1-6-17(22)20(18(23)12-13-26(3,4)5)15(2)25-19(24)21(20)14-16-10-8-7-9-11-16/h6-11,15,17-18,22-23H,1,14H2,2-5H3/t15-,17+,18-,20-/m0/s1. The lowest BCUT2D eigenvalue weighted by molar-refractivity contribution is -0.0597. The predicted molar refractivity (Wildman–Crippen MR) is 104 cm³/mol. The smallest absolute Gasteiger partial charge is 0.411 e. The monoisotopic (exact) mass is 373 g/mol. The fourth-order valence-corrected chi connectivity index (χ4v) is 3.75. The van der Waals surface area contributed by atoms with Gasteiger partial charge in [-0.1, -0.05) is 62.0 Å². The second kappa shape index (κ2) is 7.66. The topological polar surface area (TPSA) is 70.0 Å². The zero-order valence-corrected chi connectivity index (χ0v) is 16.8. The van der Waals surface area contributed by atoms with Crippen LogP contribution in [-0.4, -0.2) is 53.1 Å². The highest BCUT2D eigenvalue weighted by atomic mass is 28.3. The highest BCUT2D eigenvalue weighted by Gasteiger charge is 2.60. The fraction of sp³-hybridized carbons (Fsp3) is 0.450. The SMILES string of the molecule is C=C[C@@H](O)[C@]1([C@@H](O)C#C[Si](C)(C)C)[C@H](C)OC(=O)N1Cc1ccccc1. The van der Waals surface area contributed by atoms with Crippen LogP contribution in [0.5, 0.6) is 0 Å². The molecule has 1 saturated heterocycles. The van der Waals surface area contributed by atoms with Gasteiger partial charge in [0.05, 0.1) is 6.54 Å². The Labute approximate surface area is 156 Å². The third-order valence-electron chi connectivity index (χ3n) is 4.52. The van der Waals surface area contributed by atoms with Gasteiger partial charge in [-0.15, -0.1) is 12.1 Å². The molecule has 2 N–H and O–H groups in total. The van der Waals surface area contributed by atoms with Gasteiger partial charge in [0, 0.05) is 0 Å². The first-order valence-electron chi connectivity index (χ1n) is 8.66. The Morgan fingerprint density at radius 3 is 2.50 bits per heavy atom. The number of rotatable bonds is 5. The third-order valence-corrected chi connectivity index (χ3v) is 5.41. The second-order valence-corrected chi connectivity index (χ2v) is 12.3. The van der Waals surface area contributed by atoms with Crippen LogP contribution in [0.4, 0.5) is 4.79 Å². The summed E-state index contributed by atoms with van der Waals surface area (Å²) in [6.07, 6.45) is -2.49.